The Labute approximate surface area is 130 Å². The summed E-state index contributed by atoms with van der Waals surface area (Å²) in [6.07, 6.45) is 2.14. The number of halogens is 1. The van der Waals surface area contributed by atoms with E-state index < -0.39 is 0 Å². The molecule has 2 aromatic rings. The van der Waals surface area contributed by atoms with Gasteiger partial charge in [0.25, 0.3) is 0 Å². The van der Waals surface area contributed by atoms with Gasteiger partial charge >= 0.3 is 29.2 Å². The first-order valence-corrected chi connectivity index (χ1v) is 8.80. The minimum atomic E-state index is 0.395. The molecule has 3 nitrogen and oxygen atoms in total. The molecule has 0 atom stereocenters. The van der Waals surface area contributed by atoms with E-state index in [1.54, 1.807) is 20.0 Å². The Morgan fingerprint density at radius 1 is 1.26 bits per heavy atom. The Bertz CT molecular complexity index is 596. The number of aromatic nitrogens is 2. The van der Waals surface area contributed by atoms with Gasteiger partial charge in [-0.2, -0.15) is 5.26 Å². The molecule has 0 saturated carbocycles. The second-order valence-corrected chi connectivity index (χ2v) is 4.93. The molecule has 0 aliphatic heterocycles. The Kier molecular flexibility index (Phi) is 6.09. The fourth-order valence-electron chi connectivity index (χ4n) is 2.10. The van der Waals surface area contributed by atoms with Crippen molar-refractivity contribution in [3.63, 3.8) is 0 Å². The van der Waals surface area contributed by atoms with Crippen molar-refractivity contribution in [2.45, 2.75) is 39.8 Å². The number of imidazole rings is 1. The molecule has 0 aliphatic carbocycles. The zero-order valence-corrected chi connectivity index (χ0v) is 14.4. The van der Waals surface area contributed by atoms with Crippen molar-refractivity contribution >= 4 is 20.2 Å². The van der Waals surface area contributed by atoms with Crippen molar-refractivity contribution in [2.75, 3.05) is 0 Å². The summed E-state index contributed by atoms with van der Waals surface area (Å²) in [5, 5.41) is 8.98. The van der Waals surface area contributed by atoms with Gasteiger partial charge in [0.2, 0.25) is 6.33 Å². The van der Waals surface area contributed by atoms with Gasteiger partial charge < -0.3 is 0 Å². The van der Waals surface area contributed by atoms with Crippen LogP contribution in [0.2, 0.25) is 0 Å². The maximum atomic E-state index is 8.98. The van der Waals surface area contributed by atoms with E-state index >= 15 is 0 Å². The number of benzene rings is 1. The van der Waals surface area contributed by atoms with Crippen molar-refractivity contribution < 1.29 is 24.6 Å². The Morgan fingerprint density at radius 3 is 2.37 bits per heavy atom. The number of hydrogen-bond donors (Lipinski definition) is 0. The van der Waals surface area contributed by atoms with Crippen LogP contribution in [0.5, 0.6) is 0 Å². The van der Waals surface area contributed by atoms with Gasteiger partial charge in [0.1, 0.15) is 0 Å². The van der Waals surface area contributed by atoms with Gasteiger partial charge in [0.05, 0.1) is 23.7 Å². The molecule has 0 bridgehead atoms. The number of nitrogens with zero attached hydrogens (tertiary/aromatic N) is 3. The fourth-order valence-corrected chi connectivity index (χ4v) is 2.10. The van der Waals surface area contributed by atoms with E-state index in [-0.39, 0.29) is 0 Å². The molecule has 0 radical (unpaired) electrons. The third-order valence-corrected chi connectivity index (χ3v) is 3.02. The topological polar surface area (TPSA) is 32.6 Å². The molecule has 0 amide bonds. The van der Waals surface area contributed by atoms with E-state index in [2.05, 4.69) is 58.4 Å². The van der Waals surface area contributed by atoms with Gasteiger partial charge in [-0.1, -0.05) is 0 Å². The quantitative estimate of drug-likeness (QED) is 0.497. The molecule has 0 aliphatic rings. The summed E-state index contributed by atoms with van der Waals surface area (Å²) < 4.78 is 4.46. The zero-order chi connectivity index (χ0) is 14.6. The number of hydrogen-bond acceptors (Lipinski definition) is 1. The van der Waals surface area contributed by atoms with Crippen molar-refractivity contribution in [1.82, 2.24) is 4.57 Å². The van der Waals surface area contributed by atoms with E-state index in [9.17, 15) is 0 Å². The first kappa shape index (κ1) is 16.3. The van der Waals surface area contributed by atoms with Gasteiger partial charge in [0.15, 0.2) is 11.0 Å². The third-order valence-electron chi connectivity index (χ3n) is 3.02. The normalized spacial score (nSPS) is 10.5. The van der Waals surface area contributed by atoms with Crippen LogP contribution < -0.4 is 4.57 Å². The van der Waals surface area contributed by atoms with Gasteiger partial charge in [-0.3, -0.25) is 0 Å². The average molecular weight is 461 g/mol. The number of nitriles is 1. The van der Waals surface area contributed by atoms with Crippen LogP contribution in [0.3, 0.4) is 0 Å². The molecule has 2 rings (SSSR count). The molecule has 106 valence electrons. The van der Waals surface area contributed by atoms with Gasteiger partial charge in [-0.05, 0) is 39.8 Å². The molecule has 0 N–H and O–H groups in total. The minimum absolute atomic E-state index is 0.395. The third kappa shape index (κ3) is 3.40. The second kappa shape index (κ2) is 7.12. The Morgan fingerprint density at radius 2 is 1.89 bits per heavy atom. The van der Waals surface area contributed by atoms with Crippen LogP contribution in [0.4, 0.5) is 0 Å². The van der Waals surface area contributed by atoms with Crippen molar-refractivity contribution in [2.24, 2.45) is 0 Å². The maximum absolute atomic E-state index is 8.98. The van der Waals surface area contributed by atoms with Crippen LogP contribution >= 0.6 is 9.19 Å². The van der Waals surface area contributed by atoms with E-state index in [0.29, 0.717) is 17.6 Å². The first-order valence-electron chi connectivity index (χ1n) is 6.12. The van der Waals surface area contributed by atoms with Gasteiger partial charge in [-0.25, -0.2) is 9.13 Å². The van der Waals surface area contributed by atoms with Crippen molar-refractivity contribution in [1.29, 1.82) is 5.26 Å². The molecule has 0 spiro atoms. The Balaban J connectivity index is 0.000000861. The standard InChI is InChI=1S/C14H18N3.Au.ClH/c1-10(2)16-9-17(11(3)4)14-7-12(8-15)5-6-13(14)16;;/h5-7,9-11H,1-4H3;;1H/q2*+1;/p-1. The van der Waals surface area contributed by atoms with E-state index in [0.717, 1.165) is 5.52 Å². The predicted octanol–water partition coefficient (Wildman–Crippen LogP) is 3.65. The molecule has 5 heteroatoms. The van der Waals surface area contributed by atoms with Crippen molar-refractivity contribution in [3.05, 3.63) is 30.1 Å². The number of rotatable bonds is 2. The summed E-state index contributed by atoms with van der Waals surface area (Å²) in [5.74, 6) is 0. The van der Waals surface area contributed by atoms with Crippen LogP contribution in [-0.4, -0.2) is 4.57 Å². The summed E-state index contributed by atoms with van der Waals surface area (Å²) in [4.78, 5) is 0. The Hall–Kier alpha value is -0.790. The predicted molar refractivity (Wildman–Crippen MR) is 73.5 cm³/mol. The monoisotopic (exact) mass is 460 g/mol. The van der Waals surface area contributed by atoms with E-state index in [1.807, 2.05) is 18.2 Å². The molecule has 1 aromatic carbocycles. The zero-order valence-electron chi connectivity index (χ0n) is 11.5. The summed E-state index contributed by atoms with van der Waals surface area (Å²) in [5.41, 5.74) is 3.04. The molecular formula is C14H18AuClN3+. The number of fused-ring (bicyclic) bond motifs is 1. The van der Waals surface area contributed by atoms with Crippen molar-refractivity contribution in [3.8, 4) is 6.07 Å². The average Bonchev–Trinajstić information content (AvgIpc) is 2.79. The van der Waals surface area contributed by atoms with Gasteiger partial charge in [0, 0.05) is 6.07 Å². The SMILES string of the molecule is CC(C)n1c[n+](C(C)C)c2ccc(C#N)cc21.[Cl][Au]. The summed E-state index contributed by atoms with van der Waals surface area (Å²) >= 11 is 1.75. The second-order valence-electron chi connectivity index (χ2n) is 4.93. The van der Waals surface area contributed by atoms with Gasteiger partial charge in [-0.15, -0.1) is 0 Å². The van der Waals surface area contributed by atoms with Crippen LogP contribution in [0.15, 0.2) is 24.5 Å². The summed E-state index contributed by atoms with van der Waals surface area (Å²) in [7, 11) is 4.58. The summed E-state index contributed by atoms with van der Waals surface area (Å²) in [6.45, 7) is 8.65. The van der Waals surface area contributed by atoms with E-state index in [1.165, 1.54) is 5.52 Å². The summed E-state index contributed by atoms with van der Waals surface area (Å²) in [6, 6.07) is 8.90. The van der Waals surface area contributed by atoms with Crippen LogP contribution in [0.25, 0.3) is 11.0 Å². The molecule has 1 heterocycles. The fraction of sp³-hybridized carbons (Fsp3) is 0.429. The molecule has 0 unspecified atom stereocenters. The first-order chi connectivity index (χ1) is 9.04. The van der Waals surface area contributed by atoms with Crippen LogP contribution in [0, 0.1) is 11.3 Å². The molecule has 0 fully saturated rings. The molecule has 19 heavy (non-hydrogen) atoms. The molecule has 0 saturated heterocycles. The van der Waals surface area contributed by atoms with E-state index in [4.69, 9.17) is 5.26 Å². The van der Waals surface area contributed by atoms with Crippen LogP contribution in [0.1, 0.15) is 45.3 Å². The molecule has 1 aromatic heterocycles. The molecular weight excluding hydrogens is 443 g/mol. The van der Waals surface area contributed by atoms with Crippen LogP contribution in [-0.2, 0) is 20.0 Å².